The zero-order valence-corrected chi connectivity index (χ0v) is 17.9. The molecule has 12 heteroatoms. The van der Waals surface area contributed by atoms with Crippen LogP contribution in [-0.2, 0) is 25.7 Å². The molecule has 3 aliphatic heterocycles. The first-order valence-electron chi connectivity index (χ1n) is 11.0. The number of nitrogens with one attached hydrogen (secondary N) is 1. The van der Waals surface area contributed by atoms with Gasteiger partial charge >= 0.3 is 0 Å². The quantitative estimate of drug-likeness (QED) is 0.547. The standard InChI is InChI=1S/C22H19N7O5/c30-16-8-7-15(19(31)23-16)29-20(32)13-5-3-9-27(18(13)21(29)33)11-17-24-22(26-34-17)28-10-12-4-1-2-6-14(12)25-28/h1-2,4,6,10,15H,3,5,7-9,11H2,(H,23,30,31). The summed E-state index contributed by atoms with van der Waals surface area (Å²) >= 11 is 0. The van der Waals surface area contributed by atoms with Gasteiger partial charge in [0.2, 0.25) is 17.7 Å². The van der Waals surface area contributed by atoms with Crippen LogP contribution in [0, 0.1) is 0 Å². The Labute approximate surface area is 192 Å². The van der Waals surface area contributed by atoms with E-state index in [4.69, 9.17) is 4.52 Å². The lowest BCUT2D eigenvalue weighted by Crippen LogP contribution is -2.55. The number of piperidine rings is 1. The number of amides is 4. The van der Waals surface area contributed by atoms with E-state index in [9.17, 15) is 19.2 Å². The molecule has 12 nitrogen and oxygen atoms in total. The first-order valence-corrected chi connectivity index (χ1v) is 11.0. The fourth-order valence-corrected chi connectivity index (χ4v) is 4.70. The molecule has 34 heavy (non-hydrogen) atoms. The number of imide groups is 2. The Balaban J connectivity index is 1.24. The molecule has 0 bridgehead atoms. The van der Waals surface area contributed by atoms with Gasteiger partial charge in [0.1, 0.15) is 11.7 Å². The van der Waals surface area contributed by atoms with E-state index in [1.165, 1.54) is 4.68 Å². The van der Waals surface area contributed by atoms with Crippen LogP contribution in [0.5, 0.6) is 0 Å². The van der Waals surface area contributed by atoms with Crippen molar-refractivity contribution >= 4 is 34.5 Å². The topological polar surface area (TPSA) is 144 Å². The van der Waals surface area contributed by atoms with E-state index < -0.39 is 29.7 Å². The Morgan fingerprint density at radius 1 is 1.09 bits per heavy atom. The zero-order chi connectivity index (χ0) is 23.4. The number of hydrogen-bond donors (Lipinski definition) is 1. The second-order valence-corrected chi connectivity index (χ2v) is 8.42. The van der Waals surface area contributed by atoms with Crippen molar-refractivity contribution in [3.63, 3.8) is 0 Å². The minimum Gasteiger partial charge on any atom is -0.357 e. The number of aromatic nitrogens is 4. The highest BCUT2D eigenvalue weighted by atomic mass is 16.5. The highest BCUT2D eigenvalue weighted by Gasteiger charge is 2.48. The molecule has 6 rings (SSSR count). The highest BCUT2D eigenvalue weighted by Crippen LogP contribution is 2.34. The van der Waals surface area contributed by atoms with E-state index in [1.807, 2.05) is 24.3 Å². The van der Waals surface area contributed by atoms with Crippen molar-refractivity contribution in [2.24, 2.45) is 0 Å². The number of fused-ring (bicyclic) bond motifs is 1. The molecule has 3 aromatic rings. The van der Waals surface area contributed by atoms with Crippen molar-refractivity contribution < 1.29 is 23.7 Å². The van der Waals surface area contributed by atoms with Gasteiger partial charge in [-0.1, -0.05) is 18.2 Å². The van der Waals surface area contributed by atoms with E-state index in [1.54, 1.807) is 11.1 Å². The normalized spacial score (nSPS) is 21.0. The lowest BCUT2D eigenvalue weighted by Gasteiger charge is -2.29. The van der Waals surface area contributed by atoms with E-state index >= 15 is 0 Å². The number of carbonyl (C=O) groups is 4. The molecular weight excluding hydrogens is 442 g/mol. The monoisotopic (exact) mass is 461 g/mol. The first-order chi connectivity index (χ1) is 16.5. The second kappa shape index (κ2) is 7.61. The largest absolute Gasteiger partial charge is 0.357 e. The van der Waals surface area contributed by atoms with Gasteiger partial charge in [-0.05, 0) is 30.5 Å². The van der Waals surface area contributed by atoms with Crippen LogP contribution in [0.25, 0.3) is 16.9 Å². The molecule has 1 atom stereocenters. The van der Waals surface area contributed by atoms with Gasteiger partial charge in [0.25, 0.3) is 17.8 Å². The molecule has 172 valence electrons. The van der Waals surface area contributed by atoms with Crippen molar-refractivity contribution in [2.45, 2.75) is 38.3 Å². The maximum absolute atomic E-state index is 13.3. The lowest BCUT2D eigenvalue weighted by molar-refractivity contribution is -0.150. The van der Waals surface area contributed by atoms with Crippen LogP contribution in [0.15, 0.2) is 46.3 Å². The van der Waals surface area contributed by atoms with Gasteiger partial charge < -0.3 is 9.42 Å². The lowest BCUT2D eigenvalue weighted by atomic mass is 10.0. The van der Waals surface area contributed by atoms with Crippen molar-refractivity contribution in [3.8, 4) is 5.95 Å². The molecule has 1 N–H and O–H groups in total. The fourth-order valence-electron chi connectivity index (χ4n) is 4.70. The molecule has 1 saturated heterocycles. The Kier molecular flexibility index (Phi) is 4.54. The molecule has 4 amide bonds. The van der Waals surface area contributed by atoms with Crippen LogP contribution in [0.2, 0.25) is 0 Å². The smallest absolute Gasteiger partial charge is 0.290 e. The molecule has 1 fully saturated rings. The minimum absolute atomic E-state index is 0.0784. The maximum atomic E-state index is 13.3. The third kappa shape index (κ3) is 3.17. The van der Waals surface area contributed by atoms with E-state index in [0.717, 1.165) is 15.8 Å². The van der Waals surface area contributed by atoms with Crippen molar-refractivity contribution in [1.82, 2.24) is 35.0 Å². The molecule has 1 unspecified atom stereocenters. The molecule has 0 aliphatic carbocycles. The average Bonchev–Trinajstić information content (AvgIpc) is 3.52. The SMILES string of the molecule is O=C1CCC(N2C(=O)C3=C(C2=O)N(Cc2nc(-n4cc5ccccc5n4)no2)CCC3)C(=O)N1. The van der Waals surface area contributed by atoms with Gasteiger partial charge in [0.05, 0.1) is 12.1 Å². The summed E-state index contributed by atoms with van der Waals surface area (Å²) in [5.74, 6) is -1.52. The number of benzene rings is 1. The third-order valence-corrected chi connectivity index (χ3v) is 6.28. The Hall–Kier alpha value is -4.35. The summed E-state index contributed by atoms with van der Waals surface area (Å²) in [6, 6.07) is 6.62. The molecule has 3 aliphatic rings. The number of carbonyl (C=O) groups excluding carboxylic acids is 4. The Bertz CT molecular complexity index is 1370. The molecule has 2 aromatic heterocycles. The van der Waals surface area contributed by atoms with Crippen LogP contribution in [0.1, 0.15) is 31.6 Å². The molecule has 0 saturated carbocycles. The van der Waals surface area contributed by atoms with Gasteiger partial charge in [-0.2, -0.15) is 10.1 Å². The Morgan fingerprint density at radius 2 is 1.94 bits per heavy atom. The molecule has 1 aromatic carbocycles. The molecule has 0 spiro atoms. The first kappa shape index (κ1) is 20.3. The predicted octanol–water partition coefficient (Wildman–Crippen LogP) is 0.432. The average molecular weight is 461 g/mol. The summed E-state index contributed by atoms with van der Waals surface area (Å²) in [7, 11) is 0. The molecule has 5 heterocycles. The summed E-state index contributed by atoms with van der Waals surface area (Å²) in [5, 5.41) is 11.6. The van der Waals surface area contributed by atoms with E-state index in [0.29, 0.717) is 25.0 Å². The number of nitrogens with zero attached hydrogens (tertiary/aromatic N) is 6. The van der Waals surface area contributed by atoms with E-state index in [-0.39, 0.29) is 36.9 Å². The van der Waals surface area contributed by atoms with Crippen LogP contribution in [-0.4, -0.2) is 65.9 Å². The Morgan fingerprint density at radius 3 is 2.76 bits per heavy atom. The van der Waals surface area contributed by atoms with Gasteiger partial charge in [-0.25, -0.2) is 4.68 Å². The molecule has 0 radical (unpaired) electrons. The predicted molar refractivity (Wildman–Crippen MR) is 114 cm³/mol. The number of rotatable bonds is 4. The van der Waals surface area contributed by atoms with Crippen LogP contribution in [0.3, 0.4) is 0 Å². The highest BCUT2D eigenvalue weighted by molar-refractivity contribution is 6.21. The zero-order valence-electron chi connectivity index (χ0n) is 17.9. The van der Waals surface area contributed by atoms with Gasteiger partial charge in [0, 0.05) is 30.1 Å². The van der Waals surface area contributed by atoms with Gasteiger partial charge in [-0.3, -0.25) is 29.4 Å². The van der Waals surface area contributed by atoms with Crippen molar-refractivity contribution in [1.29, 1.82) is 0 Å². The van der Waals surface area contributed by atoms with Gasteiger partial charge in [0.15, 0.2) is 0 Å². The van der Waals surface area contributed by atoms with E-state index in [2.05, 4.69) is 20.6 Å². The third-order valence-electron chi connectivity index (χ3n) is 6.28. The van der Waals surface area contributed by atoms with Crippen LogP contribution in [0.4, 0.5) is 0 Å². The summed E-state index contributed by atoms with van der Waals surface area (Å²) in [4.78, 5) is 57.2. The summed E-state index contributed by atoms with van der Waals surface area (Å²) in [6.45, 7) is 0.652. The second-order valence-electron chi connectivity index (χ2n) is 8.42. The molecular formula is C22H19N7O5. The summed E-state index contributed by atoms with van der Waals surface area (Å²) in [5.41, 5.74) is 1.42. The maximum Gasteiger partial charge on any atom is 0.290 e. The van der Waals surface area contributed by atoms with Gasteiger partial charge in [-0.15, -0.1) is 0 Å². The van der Waals surface area contributed by atoms with Crippen LogP contribution < -0.4 is 5.32 Å². The summed E-state index contributed by atoms with van der Waals surface area (Å²) < 4.78 is 6.92. The fraction of sp³-hybridized carbons (Fsp3) is 0.318. The number of hydrogen-bond acceptors (Lipinski definition) is 9. The van der Waals surface area contributed by atoms with Crippen LogP contribution >= 0.6 is 0 Å². The minimum atomic E-state index is -0.992. The summed E-state index contributed by atoms with van der Waals surface area (Å²) in [6.07, 6.45) is 3.09. The van der Waals surface area contributed by atoms with Crippen molar-refractivity contribution in [2.75, 3.05) is 6.54 Å². The van der Waals surface area contributed by atoms with Crippen molar-refractivity contribution in [3.05, 3.63) is 47.6 Å².